The first kappa shape index (κ1) is 31.0. The summed E-state index contributed by atoms with van der Waals surface area (Å²) in [5.41, 5.74) is 1.74. The van der Waals surface area contributed by atoms with Crippen molar-refractivity contribution in [2.45, 2.75) is 57.6 Å². The molecule has 0 aliphatic heterocycles. The minimum atomic E-state index is -4.16. The lowest BCUT2D eigenvalue weighted by Crippen LogP contribution is -2.52. The van der Waals surface area contributed by atoms with Crippen LogP contribution < -0.4 is 14.4 Å². The van der Waals surface area contributed by atoms with E-state index in [1.165, 1.54) is 23.1 Å². The van der Waals surface area contributed by atoms with Gasteiger partial charge < -0.3 is 15.0 Å². The lowest BCUT2D eigenvalue weighted by molar-refractivity contribution is -0.139. The third kappa shape index (κ3) is 7.55. The van der Waals surface area contributed by atoms with E-state index in [0.29, 0.717) is 10.8 Å². The molecule has 3 aromatic rings. The number of carbonyl (C=O) groups excluding carboxylic acids is 2. The predicted molar refractivity (Wildman–Crippen MR) is 158 cm³/mol. The van der Waals surface area contributed by atoms with Crippen LogP contribution in [0.2, 0.25) is 5.02 Å². The Kier molecular flexibility index (Phi) is 10.6. The van der Waals surface area contributed by atoms with E-state index in [0.717, 1.165) is 21.9 Å². The number of hydrogen-bond acceptors (Lipinski definition) is 5. The lowest BCUT2D eigenvalue weighted by atomic mass is 10.1. The normalized spacial score (nSPS) is 12.8. The number of hydrogen-bond donors (Lipinski definition) is 1. The smallest absolute Gasteiger partial charge is 0.264 e. The van der Waals surface area contributed by atoms with E-state index in [1.807, 2.05) is 19.9 Å². The van der Waals surface area contributed by atoms with E-state index in [9.17, 15) is 18.0 Å². The van der Waals surface area contributed by atoms with Gasteiger partial charge in [-0.3, -0.25) is 13.9 Å². The fourth-order valence-electron chi connectivity index (χ4n) is 4.00. The quantitative estimate of drug-likeness (QED) is 0.316. The van der Waals surface area contributed by atoms with Gasteiger partial charge in [0.25, 0.3) is 10.0 Å². The average molecular weight is 586 g/mol. The summed E-state index contributed by atoms with van der Waals surface area (Å²) < 4.78 is 34.0. The van der Waals surface area contributed by atoms with E-state index in [-0.39, 0.29) is 29.1 Å². The average Bonchev–Trinajstić information content (AvgIpc) is 2.96. The summed E-state index contributed by atoms with van der Waals surface area (Å²) in [6.07, 6.45) is 0.722. The van der Waals surface area contributed by atoms with Gasteiger partial charge in [-0.1, -0.05) is 54.9 Å². The van der Waals surface area contributed by atoms with Gasteiger partial charge in [-0.05, 0) is 74.7 Å². The Balaban J connectivity index is 2.05. The van der Waals surface area contributed by atoms with E-state index in [4.69, 9.17) is 16.3 Å². The Morgan fingerprint density at radius 2 is 1.70 bits per heavy atom. The molecule has 0 radical (unpaired) electrons. The van der Waals surface area contributed by atoms with E-state index in [1.54, 1.807) is 69.5 Å². The van der Waals surface area contributed by atoms with Crippen LogP contribution in [0.25, 0.3) is 0 Å². The zero-order valence-electron chi connectivity index (χ0n) is 23.4. The number of anilines is 1. The van der Waals surface area contributed by atoms with Crippen LogP contribution >= 0.6 is 11.6 Å². The Morgan fingerprint density at radius 3 is 2.33 bits per heavy atom. The highest BCUT2D eigenvalue weighted by atomic mass is 35.5. The summed E-state index contributed by atoms with van der Waals surface area (Å²) in [5.74, 6) is -0.281. The SMILES string of the molecule is CC[C@@H](C)NC(=O)[C@@H](C)N(Cc1cccc(OC)c1)C(=O)CN(c1ccc(C)c(Cl)c1)S(=O)(=O)c1ccccc1. The molecule has 10 heteroatoms. The molecule has 0 saturated carbocycles. The number of ether oxygens (including phenoxy) is 1. The van der Waals surface area contributed by atoms with Gasteiger partial charge in [0.05, 0.1) is 17.7 Å². The maximum absolute atomic E-state index is 14.0. The standard InChI is InChI=1S/C30H36ClN3O5S/c1-6-22(3)32-30(36)23(4)33(19-24-11-10-12-26(17-24)39-5)29(35)20-34(25-16-15-21(2)28(31)18-25)40(37,38)27-13-8-7-9-14-27/h7-18,22-23H,6,19-20H2,1-5H3,(H,32,36)/t22-,23-/m1/s1. The van der Waals surface area contributed by atoms with Crippen molar-refractivity contribution in [2.24, 2.45) is 0 Å². The van der Waals surface area contributed by atoms with Crippen LogP contribution in [0.4, 0.5) is 5.69 Å². The number of amides is 2. The molecule has 1 N–H and O–H groups in total. The first-order chi connectivity index (χ1) is 19.0. The number of halogens is 1. The van der Waals surface area contributed by atoms with E-state index in [2.05, 4.69) is 5.32 Å². The molecule has 0 unspecified atom stereocenters. The van der Waals surface area contributed by atoms with Gasteiger partial charge in [0.1, 0.15) is 18.3 Å². The summed E-state index contributed by atoms with van der Waals surface area (Å²) in [5, 5.41) is 3.29. The van der Waals surface area contributed by atoms with Gasteiger partial charge in [-0.25, -0.2) is 8.42 Å². The van der Waals surface area contributed by atoms with Crippen molar-refractivity contribution in [3.8, 4) is 5.75 Å². The molecule has 2 amide bonds. The largest absolute Gasteiger partial charge is 0.497 e. The van der Waals surface area contributed by atoms with Crippen LogP contribution in [0, 0.1) is 6.92 Å². The maximum Gasteiger partial charge on any atom is 0.264 e. The number of rotatable bonds is 12. The molecule has 0 saturated heterocycles. The fourth-order valence-corrected chi connectivity index (χ4v) is 5.60. The summed E-state index contributed by atoms with van der Waals surface area (Å²) >= 11 is 6.36. The molecule has 0 spiro atoms. The van der Waals surface area contributed by atoms with Crippen LogP contribution in [0.15, 0.2) is 77.7 Å². The van der Waals surface area contributed by atoms with E-state index < -0.39 is 28.5 Å². The molecular weight excluding hydrogens is 550 g/mol. The second-order valence-corrected chi connectivity index (χ2v) is 11.9. The third-order valence-electron chi connectivity index (χ3n) is 6.71. The topological polar surface area (TPSA) is 96.0 Å². The molecule has 8 nitrogen and oxygen atoms in total. The molecule has 214 valence electrons. The molecule has 2 atom stereocenters. The van der Waals surface area contributed by atoms with Crippen LogP contribution in [0.1, 0.15) is 38.3 Å². The minimum Gasteiger partial charge on any atom is -0.497 e. The summed E-state index contributed by atoms with van der Waals surface area (Å²) in [6.45, 7) is 6.80. The van der Waals surface area contributed by atoms with Gasteiger partial charge >= 0.3 is 0 Å². The number of nitrogens with one attached hydrogen (secondary N) is 1. The maximum atomic E-state index is 14.0. The minimum absolute atomic E-state index is 0.0291. The van der Waals surface area contributed by atoms with Gasteiger partial charge in [0.2, 0.25) is 11.8 Å². The molecule has 3 rings (SSSR count). The summed E-state index contributed by atoms with van der Waals surface area (Å²) in [4.78, 5) is 28.6. The number of carbonyl (C=O) groups is 2. The third-order valence-corrected chi connectivity index (χ3v) is 8.90. The Bertz CT molecular complexity index is 1430. The monoisotopic (exact) mass is 585 g/mol. The van der Waals surface area contributed by atoms with Crippen molar-refractivity contribution in [1.82, 2.24) is 10.2 Å². The number of sulfonamides is 1. The van der Waals surface area contributed by atoms with Crippen LogP contribution in [0.5, 0.6) is 5.75 Å². The van der Waals surface area contributed by atoms with Crippen molar-refractivity contribution in [1.29, 1.82) is 0 Å². The molecule has 0 bridgehead atoms. The van der Waals surface area contributed by atoms with Gasteiger partial charge in [0, 0.05) is 17.6 Å². The van der Waals surface area contributed by atoms with Crippen LogP contribution in [-0.4, -0.2) is 50.9 Å². The highest BCUT2D eigenvalue weighted by molar-refractivity contribution is 7.92. The zero-order chi connectivity index (χ0) is 29.4. The Labute approximate surface area is 241 Å². The van der Waals surface area contributed by atoms with Crippen molar-refractivity contribution >= 4 is 39.1 Å². The zero-order valence-corrected chi connectivity index (χ0v) is 25.0. The van der Waals surface area contributed by atoms with Crippen LogP contribution in [-0.2, 0) is 26.2 Å². The van der Waals surface area contributed by atoms with Crippen LogP contribution in [0.3, 0.4) is 0 Å². The first-order valence-corrected chi connectivity index (χ1v) is 14.9. The highest BCUT2D eigenvalue weighted by Crippen LogP contribution is 2.28. The highest BCUT2D eigenvalue weighted by Gasteiger charge is 2.33. The number of methoxy groups -OCH3 is 1. The molecule has 0 aromatic heterocycles. The van der Waals surface area contributed by atoms with Crippen molar-refractivity contribution < 1.29 is 22.7 Å². The number of nitrogens with zero attached hydrogens (tertiary/aromatic N) is 2. The Morgan fingerprint density at radius 1 is 1.00 bits per heavy atom. The molecule has 0 aliphatic rings. The van der Waals surface area contributed by atoms with Gasteiger partial charge in [0.15, 0.2) is 0 Å². The van der Waals surface area contributed by atoms with E-state index >= 15 is 0 Å². The number of benzene rings is 3. The Hall–Kier alpha value is -3.56. The molecule has 0 aliphatic carbocycles. The predicted octanol–water partition coefficient (Wildman–Crippen LogP) is 5.18. The summed E-state index contributed by atoms with van der Waals surface area (Å²) in [6, 6.07) is 18.9. The summed E-state index contributed by atoms with van der Waals surface area (Å²) in [7, 11) is -2.61. The molecule has 40 heavy (non-hydrogen) atoms. The molecule has 0 fully saturated rings. The van der Waals surface area contributed by atoms with Crippen molar-refractivity contribution in [3.63, 3.8) is 0 Å². The fraction of sp³-hybridized carbons (Fsp3) is 0.333. The van der Waals surface area contributed by atoms with Gasteiger partial charge in [-0.15, -0.1) is 0 Å². The second kappa shape index (κ2) is 13.7. The first-order valence-electron chi connectivity index (χ1n) is 13.0. The lowest BCUT2D eigenvalue weighted by Gasteiger charge is -2.32. The van der Waals surface area contributed by atoms with Crippen molar-refractivity contribution in [2.75, 3.05) is 18.0 Å². The van der Waals surface area contributed by atoms with Crippen molar-refractivity contribution in [3.05, 3.63) is 88.9 Å². The number of aryl methyl sites for hydroxylation is 1. The van der Waals surface area contributed by atoms with Gasteiger partial charge in [-0.2, -0.15) is 0 Å². The second-order valence-electron chi connectivity index (χ2n) is 9.63. The molecular formula is C30H36ClN3O5S. The molecule has 0 heterocycles. The molecule has 3 aromatic carbocycles.